The number of Topliss-reactive ketones (excluding diaryl/α,β-unsaturated/α-hetero) is 1. The first kappa shape index (κ1) is 18.7. The lowest BCUT2D eigenvalue weighted by molar-refractivity contribution is 0.101. The zero-order valence-electron chi connectivity index (χ0n) is 14.3. The van der Waals surface area contributed by atoms with Crippen molar-refractivity contribution in [1.29, 1.82) is 0 Å². The molecule has 0 radical (unpaired) electrons. The maximum Gasteiger partial charge on any atom is 0.256 e. The minimum Gasteiger partial charge on any atom is -0.322 e. The molecule has 1 aliphatic rings. The summed E-state index contributed by atoms with van der Waals surface area (Å²) in [5.74, 6) is 0.0717. The zero-order valence-corrected chi connectivity index (χ0v) is 15.9. The van der Waals surface area contributed by atoms with Crippen LogP contribution in [-0.4, -0.2) is 36.9 Å². The molecule has 1 aliphatic heterocycles. The van der Waals surface area contributed by atoms with Crippen molar-refractivity contribution in [3.8, 4) is 0 Å². The molecule has 1 amide bonds. The summed E-state index contributed by atoms with van der Waals surface area (Å²) < 4.78 is 23.3. The van der Waals surface area contributed by atoms with Crippen LogP contribution >= 0.6 is 11.8 Å². The molecule has 136 valence electrons. The zero-order chi connectivity index (χ0) is 18.7. The van der Waals surface area contributed by atoms with Crippen LogP contribution in [0.3, 0.4) is 0 Å². The fourth-order valence-electron chi connectivity index (χ4n) is 2.78. The summed E-state index contributed by atoms with van der Waals surface area (Å²) in [6.45, 7) is 1.49. The highest BCUT2D eigenvalue weighted by atomic mass is 32.2. The van der Waals surface area contributed by atoms with Crippen LogP contribution in [0.25, 0.3) is 0 Å². The maximum absolute atomic E-state index is 12.6. The Balaban J connectivity index is 1.74. The van der Waals surface area contributed by atoms with Crippen molar-refractivity contribution in [3.05, 3.63) is 59.7 Å². The van der Waals surface area contributed by atoms with E-state index in [1.807, 2.05) is 12.1 Å². The Morgan fingerprint density at radius 2 is 1.77 bits per heavy atom. The highest BCUT2D eigenvalue weighted by Gasteiger charge is 2.29. The van der Waals surface area contributed by atoms with Gasteiger partial charge in [-0.05, 0) is 49.7 Å². The van der Waals surface area contributed by atoms with Crippen LogP contribution in [0.4, 0.5) is 5.69 Å². The molecule has 0 spiro atoms. The molecule has 3 rings (SSSR count). The van der Waals surface area contributed by atoms with Gasteiger partial charge in [-0.25, -0.2) is 8.42 Å². The molecular weight excluding hydrogens is 370 g/mol. The van der Waals surface area contributed by atoms with Crippen LogP contribution in [0.2, 0.25) is 0 Å². The van der Waals surface area contributed by atoms with E-state index in [2.05, 4.69) is 5.32 Å². The maximum atomic E-state index is 12.6. The predicted octanol–water partition coefficient (Wildman–Crippen LogP) is 3.42. The molecule has 1 atom stereocenters. The number of hydrogen-bond acceptors (Lipinski definition) is 5. The lowest BCUT2D eigenvalue weighted by Crippen LogP contribution is -2.14. The molecule has 7 heteroatoms. The number of hydrogen-bond donors (Lipinski definition) is 1. The van der Waals surface area contributed by atoms with E-state index >= 15 is 0 Å². The number of carbonyl (C=O) groups excluding carboxylic acids is 2. The summed E-state index contributed by atoms with van der Waals surface area (Å²) in [6.07, 6.45) is 0.607. The first-order chi connectivity index (χ1) is 12.3. The van der Waals surface area contributed by atoms with Gasteiger partial charge >= 0.3 is 0 Å². The SMILES string of the molecule is CC(=O)c1ccc(NC(=O)c2ccccc2S[C@H]2CCS(=O)(=O)C2)cc1. The monoisotopic (exact) mass is 389 g/mol. The molecule has 1 fully saturated rings. The van der Waals surface area contributed by atoms with Crippen molar-refractivity contribution in [2.45, 2.75) is 23.5 Å². The molecule has 0 bridgehead atoms. The lowest BCUT2D eigenvalue weighted by Gasteiger charge is -2.13. The van der Waals surface area contributed by atoms with Gasteiger partial charge in [0.1, 0.15) is 0 Å². The van der Waals surface area contributed by atoms with Gasteiger partial charge in [0, 0.05) is 21.4 Å². The number of rotatable bonds is 5. The van der Waals surface area contributed by atoms with Crippen molar-refractivity contribution in [2.75, 3.05) is 16.8 Å². The first-order valence-corrected chi connectivity index (χ1v) is 10.9. The second kappa shape index (κ2) is 7.63. The molecule has 0 saturated carbocycles. The predicted molar refractivity (Wildman–Crippen MR) is 104 cm³/mol. The lowest BCUT2D eigenvalue weighted by atomic mass is 10.1. The molecule has 1 heterocycles. The van der Waals surface area contributed by atoms with Crippen molar-refractivity contribution in [1.82, 2.24) is 0 Å². The number of amides is 1. The number of carbonyl (C=O) groups is 2. The highest BCUT2D eigenvalue weighted by molar-refractivity contribution is 8.02. The van der Waals surface area contributed by atoms with Gasteiger partial charge in [-0.2, -0.15) is 0 Å². The largest absolute Gasteiger partial charge is 0.322 e. The molecule has 0 aliphatic carbocycles. The Morgan fingerprint density at radius 3 is 2.38 bits per heavy atom. The molecule has 5 nitrogen and oxygen atoms in total. The third-order valence-electron chi connectivity index (χ3n) is 4.17. The Hall–Kier alpha value is -2.12. The van der Waals surface area contributed by atoms with Crippen LogP contribution in [0.5, 0.6) is 0 Å². The van der Waals surface area contributed by atoms with Crippen molar-refractivity contribution < 1.29 is 18.0 Å². The summed E-state index contributed by atoms with van der Waals surface area (Å²) in [7, 11) is -2.96. The standard InChI is InChI=1S/C19H19NO4S2/c1-13(21)14-6-8-15(9-7-14)20-19(22)17-4-2-3-5-18(17)25-16-10-11-26(23,24)12-16/h2-9,16H,10-12H2,1H3,(H,20,22)/t16-/m0/s1. The van der Waals surface area contributed by atoms with Crippen molar-refractivity contribution in [2.24, 2.45) is 0 Å². The number of nitrogens with one attached hydrogen (secondary N) is 1. The average Bonchev–Trinajstić information content (AvgIpc) is 2.94. The number of ketones is 1. The Morgan fingerprint density at radius 1 is 1.08 bits per heavy atom. The van der Waals surface area contributed by atoms with Crippen molar-refractivity contribution >= 4 is 39.0 Å². The first-order valence-electron chi connectivity index (χ1n) is 8.22. The topological polar surface area (TPSA) is 80.3 Å². The average molecular weight is 389 g/mol. The second-order valence-electron chi connectivity index (χ2n) is 6.23. The van der Waals surface area contributed by atoms with Crippen molar-refractivity contribution in [3.63, 3.8) is 0 Å². The fraction of sp³-hybridized carbons (Fsp3) is 0.263. The van der Waals surface area contributed by atoms with E-state index in [1.165, 1.54) is 18.7 Å². The Bertz CT molecular complexity index is 936. The van der Waals surface area contributed by atoms with E-state index in [0.29, 0.717) is 23.2 Å². The number of thioether (sulfide) groups is 1. The minimum atomic E-state index is -2.96. The summed E-state index contributed by atoms with van der Waals surface area (Å²) in [4.78, 5) is 24.7. The third-order valence-corrected chi connectivity index (χ3v) is 7.49. The van der Waals surface area contributed by atoms with Gasteiger partial charge < -0.3 is 5.32 Å². The molecule has 26 heavy (non-hydrogen) atoms. The van der Waals surface area contributed by atoms with Gasteiger partial charge in [-0.3, -0.25) is 9.59 Å². The molecule has 2 aromatic rings. The fourth-order valence-corrected chi connectivity index (χ4v) is 6.40. The quantitative estimate of drug-likeness (QED) is 0.793. The highest BCUT2D eigenvalue weighted by Crippen LogP contribution is 2.33. The summed E-state index contributed by atoms with van der Waals surface area (Å²) in [5, 5.41) is 2.80. The summed E-state index contributed by atoms with van der Waals surface area (Å²) in [5.41, 5.74) is 1.70. The van der Waals surface area contributed by atoms with E-state index in [4.69, 9.17) is 0 Å². The van der Waals surface area contributed by atoms with Crippen LogP contribution in [0.1, 0.15) is 34.1 Å². The minimum absolute atomic E-state index is 0.0243. The van der Waals surface area contributed by atoms with E-state index in [-0.39, 0.29) is 28.4 Å². The van der Waals surface area contributed by atoms with E-state index in [1.54, 1.807) is 36.4 Å². The van der Waals surface area contributed by atoms with Crippen LogP contribution < -0.4 is 5.32 Å². The van der Waals surface area contributed by atoms with Crippen LogP contribution in [-0.2, 0) is 9.84 Å². The molecule has 1 N–H and O–H groups in total. The van der Waals surface area contributed by atoms with Gasteiger partial charge in [0.2, 0.25) is 0 Å². The van der Waals surface area contributed by atoms with Gasteiger partial charge in [-0.15, -0.1) is 11.8 Å². The normalized spacial score (nSPS) is 18.4. The number of sulfone groups is 1. The summed E-state index contributed by atoms with van der Waals surface area (Å²) in [6, 6.07) is 13.9. The van der Waals surface area contributed by atoms with Crippen LogP contribution in [0, 0.1) is 0 Å². The number of anilines is 1. The van der Waals surface area contributed by atoms with Gasteiger partial charge in [0.05, 0.1) is 17.1 Å². The van der Waals surface area contributed by atoms with Gasteiger partial charge in [-0.1, -0.05) is 12.1 Å². The van der Waals surface area contributed by atoms with E-state index < -0.39 is 9.84 Å². The summed E-state index contributed by atoms with van der Waals surface area (Å²) >= 11 is 1.44. The smallest absolute Gasteiger partial charge is 0.256 e. The van der Waals surface area contributed by atoms with Crippen LogP contribution in [0.15, 0.2) is 53.4 Å². The van der Waals surface area contributed by atoms with Gasteiger partial charge in [0.25, 0.3) is 5.91 Å². The van der Waals surface area contributed by atoms with E-state index in [9.17, 15) is 18.0 Å². The molecule has 0 unspecified atom stereocenters. The van der Waals surface area contributed by atoms with E-state index in [0.717, 1.165) is 4.90 Å². The third kappa shape index (κ3) is 4.53. The Kier molecular flexibility index (Phi) is 5.48. The molecule has 1 saturated heterocycles. The molecule has 0 aromatic heterocycles. The number of benzene rings is 2. The van der Waals surface area contributed by atoms with Gasteiger partial charge in [0.15, 0.2) is 15.6 Å². The second-order valence-corrected chi connectivity index (χ2v) is 9.80. The molecular formula is C19H19NO4S2. The Labute approximate surface area is 157 Å². The molecule has 2 aromatic carbocycles.